The molecule has 20 heavy (non-hydrogen) atoms. The van der Waals surface area contributed by atoms with Crippen LogP contribution in [0, 0.1) is 0 Å². The van der Waals surface area contributed by atoms with Crippen LogP contribution in [0.4, 0.5) is 0 Å². The molecule has 110 valence electrons. The number of rotatable bonds is 6. The molecular weight excluding hydrogens is 254 g/mol. The number of amides is 1. The Kier molecular flexibility index (Phi) is 5.95. The highest BCUT2D eigenvalue weighted by Gasteiger charge is 2.15. The molecule has 0 radical (unpaired) electrons. The molecule has 1 saturated heterocycles. The lowest BCUT2D eigenvalue weighted by molar-refractivity contribution is -0.130. The van der Waals surface area contributed by atoms with E-state index in [4.69, 9.17) is 4.74 Å². The molecule has 1 amide bonds. The summed E-state index contributed by atoms with van der Waals surface area (Å²) in [4.78, 5) is 20.6. The maximum absolute atomic E-state index is 12.3. The van der Waals surface area contributed by atoms with Gasteiger partial charge in [-0.15, -0.1) is 0 Å². The van der Waals surface area contributed by atoms with Gasteiger partial charge < -0.3 is 9.64 Å². The summed E-state index contributed by atoms with van der Waals surface area (Å²) in [6, 6.07) is 3.81. The molecule has 5 nitrogen and oxygen atoms in total. The lowest BCUT2D eigenvalue weighted by Gasteiger charge is -2.29. The Bertz CT molecular complexity index is 405. The Labute approximate surface area is 120 Å². The third-order valence-corrected chi connectivity index (χ3v) is 3.60. The molecule has 1 aliphatic heterocycles. The van der Waals surface area contributed by atoms with Gasteiger partial charge in [0.1, 0.15) is 0 Å². The summed E-state index contributed by atoms with van der Waals surface area (Å²) in [7, 11) is 0. The second-order valence-electron chi connectivity index (χ2n) is 4.97. The predicted octanol–water partition coefficient (Wildman–Crippen LogP) is 0.805. The molecule has 0 atom stereocenters. The Morgan fingerprint density at radius 1 is 1.45 bits per heavy atom. The predicted molar refractivity (Wildman–Crippen MR) is 77.5 cm³/mol. The van der Waals surface area contributed by atoms with E-state index in [1.165, 1.54) is 0 Å². The number of hydrogen-bond acceptors (Lipinski definition) is 4. The van der Waals surface area contributed by atoms with Gasteiger partial charge in [0.2, 0.25) is 5.91 Å². The zero-order valence-electron chi connectivity index (χ0n) is 12.1. The maximum atomic E-state index is 12.3. The minimum absolute atomic E-state index is 0.175. The fourth-order valence-corrected chi connectivity index (χ4v) is 2.34. The van der Waals surface area contributed by atoms with Crippen LogP contribution in [-0.2, 0) is 16.0 Å². The molecule has 2 rings (SSSR count). The van der Waals surface area contributed by atoms with E-state index in [9.17, 15) is 4.79 Å². The second-order valence-corrected chi connectivity index (χ2v) is 4.97. The third kappa shape index (κ3) is 4.58. The molecule has 0 aromatic carbocycles. The van der Waals surface area contributed by atoms with Crippen LogP contribution in [0.25, 0.3) is 0 Å². The number of carbonyl (C=O) groups excluding carboxylic acids is 1. The highest BCUT2D eigenvalue weighted by Crippen LogP contribution is 2.03. The molecule has 1 aliphatic rings. The van der Waals surface area contributed by atoms with Crippen molar-refractivity contribution in [3.05, 3.63) is 30.1 Å². The van der Waals surface area contributed by atoms with Crippen LogP contribution >= 0.6 is 0 Å². The van der Waals surface area contributed by atoms with Gasteiger partial charge in [-0.25, -0.2) is 0 Å². The first-order valence-corrected chi connectivity index (χ1v) is 7.26. The van der Waals surface area contributed by atoms with E-state index in [1.54, 1.807) is 12.4 Å². The average molecular weight is 277 g/mol. The van der Waals surface area contributed by atoms with Crippen molar-refractivity contribution in [3.63, 3.8) is 0 Å². The summed E-state index contributed by atoms with van der Waals surface area (Å²) in [6.07, 6.45) is 3.92. The van der Waals surface area contributed by atoms with Gasteiger partial charge in [-0.1, -0.05) is 6.07 Å². The topological polar surface area (TPSA) is 45.7 Å². The van der Waals surface area contributed by atoms with Gasteiger partial charge in [0, 0.05) is 45.1 Å². The SMILES string of the molecule is CCN(CCN1CCOCC1)C(=O)Cc1cccnc1. The average Bonchev–Trinajstić information content (AvgIpc) is 2.50. The first-order chi connectivity index (χ1) is 9.79. The second kappa shape index (κ2) is 7.97. The monoisotopic (exact) mass is 277 g/mol. The zero-order chi connectivity index (χ0) is 14.2. The number of hydrogen-bond donors (Lipinski definition) is 0. The van der Waals surface area contributed by atoms with E-state index in [-0.39, 0.29) is 5.91 Å². The lowest BCUT2D eigenvalue weighted by atomic mass is 10.2. The molecular formula is C15H23N3O2. The summed E-state index contributed by atoms with van der Waals surface area (Å²) in [5.74, 6) is 0.175. The van der Waals surface area contributed by atoms with Crippen LogP contribution in [0.15, 0.2) is 24.5 Å². The minimum atomic E-state index is 0.175. The van der Waals surface area contributed by atoms with E-state index in [2.05, 4.69) is 9.88 Å². The number of nitrogens with zero attached hydrogens (tertiary/aromatic N) is 3. The van der Waals surface area contributed by atoms with Crippen LogP contribution in [0.3, 0.4) is 0 Å². The first kappa shape index (κ1) is 14.9. The van der Waals surface area contributed by atoms with Crippen molar-refractivity contribution in [1.82, 2.24) is 14.8 Å². The van der Waals surface area contributed by atoms with Gasteiger partial charge >= 0.3 is 0 Å². The molecule has 0 bridgehead atoms. The highest BCUT2D eigenvalue weighted by atomic mass is 16.5. The quantitative estimate of drug-likeness (QED) is 0.772. The number of carbonyl (C=O) groups is 1. The molecule has 1 aromatic heterocycles. The highest BCUT2D eigenvalue weighted by molar-refractivity contribution is 5.78. The molecule has 0 N–H and O–H groups in total. The fourth-order valence-electron chi connectivity index (χ4n) is 2.34. The largest absolute Gasteiger partial charge is 0.379 e. The summed E-state index contributed by atoms with van der Waals surface area (Å²) >= 11 is 0. The van der Waals surface area contributed by atoms with Crippen LogP contribution < -0.4 is 0 Å². The van der Waals surface area contributed by atoms with Crippen LogP contribution in [-0.4, -0.2) is 66.6 Å². The molecule has 0 spiro atoms. The zero-order valence-corrected chi connectivity index (χ0v) is 12.1. The van der Waals surface area contributed by atoms with Crippen molar-refractivity contribution in [2.45, 2.75) is 13.3 Å². The number of morpholine rings is 1. The molecule has 2 heterocycles. The smallest absolute Gasteiger partial charge is 0.227 e. The molecule has 0 saturated carbocycles. The Morgan fingerprint density at radius 2 is 2.25 bits per heavy atom. The Hall–Kier alpha value is -1.46. The molecule has 0 unspecified atom stereocenters. The van der Waals surface area contributed by atoms with Crippen molar-refractivity contribution in [2.24, 2.45) is 0 Å². The Balaban J connectivity index is 1.79. The molecule has 1 aromatic rings. The third-order valence-electron chi connectivity index (χ3n) is 3.60. The summed E-state index contributed by atoms with van der Waals surface area (Å²) in [5, 5.41) is 0. The minimum Gasteiger partial charge on any atom is -0.379 e. The van der Waals surface area contributed by atoms with Crippen molar-refractivity contribution < 1.29 is 9.53 Å². The van der Waals surface area contributed by atoms with Gasteiger partial charge in [0.05, 0.1) is 19.6 Å². The number of likely N-dealkylation sites (N-methyl/N-ethyl adjacent to an activating group) is 1. The van der Waals surface area contributed by atoms with Crippen molar-refractivity contribution in [1.29, 1.82) is 0 Å². The summed E-state index contributed by atoms with van der Waals surface area (Å²) in [6.45, 7) is 8.03. The molecule has 1 fully saturated rings. The number of aromatic nitrogens is 1. The van der Waals surface area contributed by atoms with E-state index < -0.39 is 0 Å². The van der Waals surface area contributed by atoms with Gasteiger partial charge in [0.15, 0.2) is 0 Å². The fraction of sp³-hybridized carbons (Fsp3) is 0.600. The van der Waals surface area contributed by atoms with E-state index >= 15 is 0 Å². The van der Waals surface area contributed by atoms with Crippen LogP contribution in [0.5, 0.6) is 0 Å². The summed E-state index contributed by atoms with van der Waals surface area (Å²) < 4.78 is 5.33. The van der Waals surface area contributed by atoms with Gasteiger partial charge in [-0.3, -0.25) is 14.7 Å². The lowest BCUT2D eigenvalue weighted by Crippen LogP contribution is -2.43. The number of pyridine rings is 1. The number of ether oxygens (including phenoxy) is 1. The maximum Gasteiger partial charge on any atom is 0.227 e. The Morgan fingerprint density at radius 3 is 2.90 bits per heavy atom. The first-order valence-electron chi connectivity index (χ1n) is 7.26. The van der Waals surface area contributed by atoms with Crippen LogP contribution in [0.2, 0.25) is 0 Å². The molecule has 0 aliphatic carbocycles. The normalized spacial score (nSPS) is 16.1. The van der Waals surface area contributed by atoms with Crippen molar-refractivity contribution in [3.8, 4) is 0 Å². The summed E-state index contributed by atoms with van der Waals surface area (Å²) in [5.41, 5.74) is 0.974. The van der Waals surface area contributed by atoms with E-state index in [1.807, 2.05) is 24.0 Å². The van der Waals surface area contributed by atoms with Crippen molar-refractivity contribution in [2.75, 3.05) is 45.9 Å². The van der Waals surface area contributed by atoms with E-state index in [0.29, 0.717) is 6.42 Å². The van der Waals surface area contributed by atoms with Crippen LogP contribution in [0.1, 0.15) is 12.5 Å². The molecule has 5 heteroatoms. The van der Waals surface area contributed by atoms with Gasteiger partial charge in [0.25, 0.3) is 0 Å². The van der Waals surface area contributed by atoms with Gasteiger partial charge in [-0.2, -0.15) is 0 Å². The standard InChI is InChI=1S/C15H23N3O2/c1-2-18(7-6-17-8-10-20-11-9-17)15(19)12-14-4-3-5-16-13-14/h3-5,13H,2,6-12H2,1H3. The van der Waals surface area contributed by atoms with Gasteiger partial charge in [-0.05, 0) is 18.6 Å². The van der Waals surface area contributed by atoms with Crippen molar-refractivity contribution >= 4 is 5.91 Å². The van der Waals surface area contributed by atoms with E-state index in [0.717, 1.165) is 51.5 Å².